The van der Waals surface area contributed by atoms with Crippen LogP contribution in [0.5, 0.6) is 0 Å². The predicted molar refractivity (Wildman–Crippen MR) is 96.2 cm³/mol. The van der Waals surface area contributed by atoms with Crippen molar-refractivity contribution in [2.75, 3.05) is 52.5 Å². The van der Waals surface area contributed by atoms with Crippen LogP contribution in [0.1, 0.15) is 33.1 Å². The van der Waals surface area contributed by atoms with Gasteiger partial charge in [-0.05, 0) is 13.3 Å². The number of nitrogens with zero attached hydrogens (tertiary/aromatic N) is 2. The summed E-state index contributed by atoms with van der Waals surface area (Å²) in [5, 5.41) is 6.69. The maximum Gasteiger partial charge on any atom is 0.191 e. The summed E-state index contributed by atoms with van der Waals surface area (Å²) in [6, 6.07) is 0. The molecule has 0 aromatic rings. The SMILES string of the molecule is CCCCCN=C(NCC)NCCN1CCOCC1.I. The van der Waals surface area contributed by atoms with Gasteiger partial charge in [0.1, 0.15) is 0 Å². The highest BCUT2D eigenvalue weighted by Crippen LogP contribution is 1.95. The molecule has 0 saturated carbocycles. The molecule has 1 saturated heterocycles. The molecule has 0 amide bonds. The lowest BCUT2D eigenvalue weighted by Gasteiger charge is -2.26. The van der Waals surface area contributed by atoms with Crippen LogP contribution in [0.25, 0.3) is 0 Å². The van der Waals surface area contributed by atoms with Gasteiger partial charge in [-0.2, -0.15) is 0 Å². The Kier molecular flexibility index (Phi) is 13.8. The zero-order chi connectivity index (χ0) is 13.8. The molecule has 1 heterocycles. The topological polar surface area (TPSA) is 48.9 Å². The molecule has 5 nitrogen and oxygen atoms in total. The van der Waals surface area contributed by atoms with E-state index in [1.54, 1.807) is 0 Å². The van der Waals surface area contributed by atoms with Crippen molar-refractivity contribution in [3.05, 3.63) is 0 Å². The fraction of sp³-hybridized carbons (Fsp3) is 0.929. The van der Waals surface area contributed by atoms with Gasteiger partial charge in [-0.25, -0.2) is 0 Å². The number of hydrogen-bond acceptors (Lipinski definition) is 3. The number of ether oxygens (including phenoxy) is 1. The molecule has 0 unspecified atom stereocenters. The Morgan fingerprint density at radius 1 is 1.15 bits per heavy atom. The molecule has 0 radical (unpaired) electrons. The van der Waals surface area contributed by atoms with E-state index in [0.717, 1.165) is 58.4 Å². The lowest BCUT2D eigenvalue weighted by molar-refractivity contribution is 0.0389. The number of aliphatic imine (C=N–C) groups is 1. The standard InChI is InChI=1S/C14H30N4O.HI/c1-3-5-6-7-16-14(15-4-2)17-8-9-18-10-12-19-13-11-18;/h3-13H2,1-2H3,(H2,15,16,17);1H. The minimum Gasteiger partial charge on any atom is -0.379 e. The van der Waals surface area contributed by atoms with Gasteiger partial charge in [-0.3, -0.25) is 9.89 Å². The van der Waals surface area contributed by atoms with Gasteiger partial charge in [-0.1, -0.05) is 19.8 Å². The molecule has 0 aliphatic carbocycles. The zero-order valence-corrected chi connectivity index (χ0v) is 15.3. The molecule has 6 heteroatoms. The number of nitrogens with one attached hydrogen (secondary N) is 2. The first-order valence-corrected chi connectivity index (χ1v) is 7.69. The number of halogens is 1. The van der Waals surface area contributed by atoms with Gasteiger partial charge in [0.15, 0.2) is 5.96 Å². The van der Waals surface area contributed by atoms with Gasteiger partial charge in [-0.15, -0.1) is 24.0 Å². The molecule has 2 N–H and O–H groups in total. The molecule has 0 atom stereocenters. The fourth-order valence-electron chi connectivity index (χ4n) is 2.05. The van der Waals surface area contributed by atoms with Crippen molar-refractivity contribution in [3.63, 3.8) is 0 Å². The first kappa shape index (κ1) is 19.9. The van der Waals surface area contributed by atoms with E-state index >= 15 is 0 Å². The predicted octanol–water partition coefficient (Wildman–Crippen LogP) is 1.68. The van der Waals surface area contributed by atoms with Crippen molar-refractivity contribution < 1.29 is 4.74 Å². The minimum absolute atomic E-state index is 0. The largest absolute Gasteiger partial charge is 0.379 e. The van der Waals surface area contributed by atoms with Crippen LogP contribution in [0.15, 0.2) is 4.99 Å². The van der Waals surface area contributed by atoms with E-state index in [1.165, 1.54) is 19.3 Å². The summed E-state index contributed by atoms with van der Waals surface area (Å²) in [6.07, 6.45) is 3.68. The van der Waals surface area contributed by atoms with Crippen LogP contribution in [0.4, 0.5) is 0 Å². The number of rotatable bonds is 8. The quantitative estimate of drug-likeness (QED) is 0.283. The van der Waals surface area contributed by atoms with Gasteiger partial charge < -0.3 is 15.4 Å². The van der Waals surface area contributed by atoms with Crippen LogP contribution in [0, 0.1) is 0 Å². The molecule has 1 rings (SSSR count). The number of guanidine groups is 1. The summed E-state index contributed by atoms with van der Waals surface area (Å²) < 4.78 is 5.34. The Morgan fingerprint density at radius 2 is 1.90 bits per heavy atom. The highest BCUT2D eigenvalue weighted by Gasteiger charge is 2.09. The van der Waals surface area contributed by atoms with Crippen molar-refractivity contribution >= 4 is 29.9 Å². The Hall–Kier alpha value is -0.0800. The van der Waals surface area contributed by atoms with Crippen LogP contribution >= 0.6 is 24.0 Å². The van der Waals surface area contributed by atoms with E-state index in [9.17, 15) is 0 Å². The molecule has 0 spiro atoms. The fourth-order valence-corrected chi connectivity index (χ4v) is 2.05. The molecular formula is C14H31IN4O. The van der Waals surface area contributed by atoms with Crippen LogP contribution in [0.2, 0.25) is 0 Å². The average molecular weight is 398 g/mol. The highest BCUT2D eigenvalue weighted by molar-refractivity contribution is 14.0. The molecule has 0 aromatic heterocycles. The van der Waals surface area contributed by atoms with E-state index in [2.05, 4.69) is 34.4 Å². The summed E-state index contributed by atoms with van der Waals surface area (Å²) in [5.41, 5.74) is 0. The maximum absolute atomic E-state index is 5.34. The maximum atomic E-state index is 5.34. The molecule has 1 aliphatic heterocycles. The van der Waals surface area contributed by atoms with Gasteiger partial charge in [0.25, 0.3) is 0 Å². The Morgan fingerprint density at radius 3 is 2.55 bits per heavy atom. The first-order valence-electron chi connectivity index (χ1n) is 7.69. The summed E-state index contributed by atoms with van der Waals surface area (Å²) >= 11 is 0. The second-order valence-corrected chi connectivity index (χ2v) is 4.85. The molecule has 1 aliphatic rings. The zero-order valence-electron chi connectivity index (χ0n) is 13.0. The van der Waals surface area contributed by atoms with Crippen molar-refractivity contribution in [1.29, 1.82) is 0 Å². The van der Waals surface area contributed by atoms with E-state index in [1.807, 2.05) is 0 Å². The summed E-state index contributed by atoms with van der Waals surface area (Å²) in [6.45, 7) is 12.0. The summed E-state index contributed by atoms with van der Waals surface area (Å²) in [5.74, 6) is 0.951. The third-order valence-corrected chi connectivity index (χ3v) is 3.20. The Labute approximate surface area is 140 Å². The van der Waals surface area contributed by atoms with Crippen molar-refractivity contribution in [3.8, 4) is 0 Å². The molecular weight excluding hydrogens is 367 g/mol. The second kappa shape index (κ2) is 13.9. The van der Waals surface area contributed by atoms with E-state index in [-0.39, 0.29) is 24.0 Å². The van der Waals surface area contributed by atoms with E-state index < -0.39 is 0 Å². The van der Waals surface area contributed by atoms with Crippen molar-refractivity contribution in [1.82, 2.24) is 15.5 Å². The first-order chi connectivity index (χ1) is 9.36. The third-order valence-electron chi connectivity index (χ3n) is 3.20. The van der Waals surface area contributed by atoms with Crippen LogP contribution in [-0.4, -0.2) is 63.3 Å². The van der Waals surface area contributed by atoms with Crippen molar-refractivity contribution in [2.24, 2.45) is 4.99 Å². The summed E-state index contributed by atoms with van der Waals surface area (Å²) in [7, 11) is 0. The monoisotopic (exact) mass is 398 g/mol. The Bertz CT molecular complexity index is 245. The highest BCUT2D eigenvalue weighted by atomic mass is 127. The third kappa shape index (κ3) is 9.77. The number of morpholine rings is 1. The molecule has 20 heavy (non-hydrogen) atoms. The molecule has 1 fully saturated rings. The van der Waals surface area contributed by atoms with Gasteiger partial charge >= 0.3 is 0 Å². The van der Waals surface area contributed by atoms with Gasteiger partial charge in [0, 0.05) is 39.3 Å². The average Bonchev–Trinajstić information content (AvgIpc) is 2.44. The smallest absolute Gasteiger partial charge is 0.191 e. The number of unbranched alkanes of at least 4 members (excludes halogenated alkanes) is 2. The van der Waals surface area contributed by atoms with E-state index in [0.29, 0.717) is 0 Å². The van der Waals surface area contributed by atoms with Crippen LogP contribution < -0.4 is 10.6 Å². The summed E-state index contributed by atoms with van der Waals surface area (Å²) in [4.78, 5) is 7.01. The molecule has 120 valence electrons. The molecule has 0 aromatic carbocycles. The lowest BCUT2D eigenvalue weighted by Crippen LogP contribution is -2.44. The van der Waals surface area contributed by atoms with Crippen molar-refractivity contribution in [2.45, 2.75) is 33.1 Å². The Balaban J connectivity index is 0.00000361. The van der Waals surface area contributed by atoms with Gasteiger partial charge in [0.2, 0.25) is 0 Å². The second-order valence-electron chi connectivity index (χ2n) is 4.85. The van der Waals surface area contributed by atoms with E-state index in [4.69, 9.17) is 4.74 Å². The normalized spacial score (nSPS) is 16.6. The molecule has 0 bridgehead atoms. The number of hydrogen-bond donors (Lipinski definition) is 2. The van der Waals surface area contributed by atoms with Gasteiger partial charge in [0.05, 0.1) is 13.2 Å². The minimum atomic E-state index is 0. The van der Waals surface area contributed by atoms with Crippen LogP contribution in [-0.2, 0) is 4.74 Å². The lowest BCUT2D eigenvalue weighted by atomic mass is 10.2. The van der Waals surface area contributed by atoms with Crippen LogP contribution in [0.3, 0.4) is 0 Å².